The van der Waals surface area contributed by atoms with E-state index in [1.807, 2.05) is 37.3 Å². The van der Waals surface area contributed by atoms with E-state index in [1.165, 1.54) is 0 Å². The summed E-state index contributed by atoms with van der Waals surface area (Å²) in [6.07, 6.45) is 1.77. The standard InChI is InChI=1S/C14H22N2O2.ClH/c1-11(6-5-9-17)16-14(18)10-13(15)12-7-3-2-4-8-12;/h2-4,7-8,11,13,17H,5-6,9-10,15H2,1H3,(H,16,18);1H. The zero-order chi connectivity index (χ0) is 13.4. The summed E-state index contributed by atoms with van der Waals surface area (Å²) in [5, 5.41) is 11.6. The lowest BCUT2D eigenvalue weighted by Gasteiger charge is -2.16. The summed E-state index contributed by atoms with van der Waals surface area (Å²) in [6, 6.07) is 9.41. The molecule has 0 aliphatic heterocycles. The van der Waals surface area contributed by atoms with Crippen LogP contribution >= 0.6 is 12.4 Å². The topological polar surface area (TPSA) is 75.3 Å². The van der Waals surface area contributed by atoms with Gasteiger partial charge in [-0.3, -0.25) is 4.79 Å². The Morgan fingerprint density at radius 3 is 2.58 bits per heavy atom. The van der Waals surface area contributed by atoms with Gasteiger partial charge in [0.15, 0.2) is 0 Å². The molecule has 0 saturated heterocycles. The first kappa shape index (κ1) is 17.9. The largest absolute Gasteiger partial charge is 0.396 e. The molecule has 4 N–H and O–H groups in total. The molecule has 0 aliphatic carbocycles. The fourth-order valence-electron chi connectivity index (χ4n) is 1.82. The molecule has 0 heterocycles. The second-order valence-corrected chi connectivity index (χ2v) is 4.56. The van der Waals surface area contributed by atoms with E-state index in [2.05, 4.69) is 5.32 Å². The molecule has 5 heteroatoms. The Morgan fingerprint density at radius 1 is 1.37 bits per heavy atom. The molecule has 1 amide bonds. The number of rotatable bonds is 7. The van der Waals surface area contributed by atoms with Crippen molar-refractivity contribution < 1.29 is 9.90 Å². The Hall–Kier alpha value is -1.10. The Morgan fingerprint density at radius 2 is 2.00 bits per heavy atom. The first-order valence-electron chi connectivity index (χ1n) is 6.34. The third-order valence-electron chi connectivity index (χ3n) is 2.84. The van der Waals surface area contributed by atoms with Crippen LogP contribution in [0.1, 0.15) is 37.8 Å². The summed E-state index contributed by atoms with van der Waals surface area (Å²) in [6.45, 7) is 2.09. The summed E-state index contributed by atoms with van der Waals surface area (Å²) < 4.78 is 0. The molecule has 4 nitrogen and oxygen atoms in total. The van der Waals surface area contributed by atoms with Crippen LogP contribution in [-0.4, -0.2) is 23.7 Å². The summed E-state index contributed by atoms with van der Waals surface area (Å²) >= 11 is 0. The molecule has 19 heavy (non-hydrogen) atoms. The Balaban J connectivity index is 0.00000324. The van der Waals surface area contributed by atoms with Crippen molar-refractivity contribution >= 4 is 18.3 Å². The molecule has 0 radical (unpaired) electrons. The minimum Gasteiger partial charge on any atom is -0.396 e. The van der Waals surface area contributed by atoms with E-state index in [1.54, 1.807) is 0 Å². The van der Waals surface area contributed by atoms with Crippen LogP contribution in [0, 0.1) is 0 Å². The van der Waals surface area contributed by atoms with Gasteiger partial charge in [0.1, 0.15) is 0 Å². The van der Waals surface area contributed by atoms with Crippen molar-refractivity contribution in [1.82, 2.24) is 5.32 Å². The maximum absolute atomic E-state index is 11.7. The molecule has 1 aromatic rings. The number of benzene rings is 1. The molecule has 0 aromatic heterocycles. The molecule has 0 bridgehead atoms. The fraction of sp³-hybridized carbons (Fsp3) is 0.500. The van der Waals surface area contributed by atoms with Crippen LogP contribution in [-0.2, 0) is 4.79 Å². The summed E-state index contributed by atoms with van der Waals surface area (Å²) in [5.74, 6) is -0.0446. The number of carbonyl (C=O) groups is 1. The van der Waals surface area contributed by atoms with Crippen molar-refractivity contribution in [2.75, 3.05) is 6.61 Å². The third-order valence-corrected chi connectivity index (χ3v) is 2.84. The lowest BCUT2D eigenvalue weighted by Crippen LogP contribution is -2.34. The monoisotopic (exact) mass is 286 g/mol. The minimum absolute atomic E-state index is 0. The quantitative estimate of drug-likeness (QED) is 0.715. The number of aliphatic hydroxyl groups excluding tert-OH is 1. The number of amides is 1. The number of hydrogen-bond acceptors (Lipinski definition) is 3. The molecule has 2 unspecified atom stereocenters. The average Bonchev–Trinajstić information content (AvgIpc) is 2.37. The lowest BCUT2D eigenvalue weighted by atomic mass is 10.0. The fourth-order valence-corrected chi connectivity index (χ4v) is 1.82. The summed E-state index contributed by atoms with van der Waals surface area (Å²) in [7, 11) is 0. The van der Waals surface area contributed by atoms with Crippen molar-refractivity contribution in [2.24, 2.45) is 5.73 Å². The minimum atomic E-state index is -0.267. The van der Waals surface area contributed by atoms with Gasteiger partial charge in [-0.15, -0.1) is 12.4 Å². The van der Waals surface area contributed by atoms with Gasteiger partial charge in [-0.2, -0.15) is 0 Å². The molecule has 0 fully saturated rings. The van der Waals surface area contributed by atoms with Gasteiger partial charge in [-0.25, -0.2) is 0 Å². The van der Waals surface area contributed by atoms with Crippen LogP contribution in [0.3, 0.4) is 0 Å². The molecule has 108 valence electrons. The van der Waals surface area contributed by atoms with Gasteiger partial charge in [0.05, 0.1) is 0 Å². The molecule has 0 saturated carbocycles. The number of nitrogens with two attached hydrogens (primary N) is 1. The van der Waals surface area contributed by atoms with Gasteiger partial charge in [0.25, 0.3) is 0 Å². The molecular formula is C14H23ClN2O2. The maximum Gasteiger partial charge on any atom is 0.222 e. The van der Waals surface area contributed by atoms with Crippen molar-refractivity contribution in [2.45, 2.75) is 38.3 Å². The zero-order valence-electron chi connectivity index (χ0n) is 11.2. The highest BCUT2D eigenvalue weighted by atomic mass is 35.5. The highest BCUT2D eigenvalue weighted by Gasteiger charge is 2.13. The van der Waals surface area contributed by atoms with Gasteiger partial charge in [0.2, 0.25) is 5.91 Å². The van der Waals surface area contributed by atoms with Crippen LogP contribution in [0.4, 0.5) is 0 Å². The number of hydrogen-bond donors (Lipinski definition) is 3. The Labute approximate surface area is 120 Å². The van der Waals surface area contributed by atoms with E-state index in [0.717, 1.165) is 12.0 Å². The van der Waals surface area contributed by atoms with Crippen LogP contribution < -0.4 is 11.1 Å². The molecule has 2 atom stereocenters. The number of halogens is 1. The zero-order valence-corrected chi connectivity index (χ0v) is 12.0. The SMILES string of the molecule is CC(CCCO)NC(=O)CC(N)c1ccccc1.Cl. The molecule has 0 spiro atoms. The second kappa shape index (κ2) is 9.78. The van der Waals surface area contributed by atoms with Gasteiger partial charge in [0, 0.05) is 25.1 Å². The molecule has 0 aliphatic rings. The normalized spacial score (nSPS) is 13.2. The van der Waals surface area contributed by atoms with Crippen molar-refractivity contribution in [3.63, 3.8) is 0 Å². The van der Waals surface area contributed by atoms with Crippen molar-refractivity contribution in [1.29, 1.82) is 0 Å². The van der Waals surface area contributed by atoms with Crippen LogP contribution in [0.5, 0.6) is 0 Å². The van der Waals surface area contributed by atoms with E-state index < -0.39 is 0 Å². The first-order chi connectivity index (χ1) is 8.63. The highest BCUT2D eigenvalue weighted by molar-refractivity contribution is 5.85. The Kier molecular flexibility index (Phi) is 9.21. The smallest absolute Gasteiger partial charge is 0.222 e. The van der Waals surface area contributed by atoms with Crippen molar-refractivity contribution in [3.05, 3.63) is 35.9 Å². The Bertz CT molecular complexity index is 360. The molecule has 1 rings (SSSR count). The summed E-state index contributed by atoms with van der Waals surface area (Å²) in [4.78, 5) is 11.7. The van der Waals surface area contributed by atoms with Crippen molar-refractivity contribution in [3.8, 4) is 0 Å². The number of nitrogens with one attached hydrogen (secondary N) is 1. The average molecular weight is 287 g/mol. The molecular weight excluding hydrogens is 264 g/mol. The second-order valence-electron chi connectivity index (χ2n) is 4.56. The van der Waals surface area contributed by atoms with E-state index in [-0.39, 0.29) is 43.4 Å². The van der Waals surface area contributed by atoms with Crippen LogP contribution in [0.25, 0.3) is 0 Å². The van der Waals surface area contributed by atoms with E-state index in [4.69, 9.17) is 10.8 Å². The van der Waals surface area contributed by atoms with E-state index in [0.29, 0.717) is 6.42 Å². The van der Waals surface area contributed by atoms with Gasteiger partial charge in [-0.05, 0) is 25.3 Å². The predicted octanol–water partition coefficient (Wildman–Crippen LogP) is 1.78. The lowest BCUT2D eigenvalue weighted by molar-refractivity contribution is -0.122. The molecule has 1 aromatic carbocycles. The van der Waals surface area contributed by atoms with Gasteiger partial charge < -0.3 is 16.2 Å². The van der Waals surface area contributed by atoms with Crippen LogP contribution in [0.2, 0.25) is 0 Å². The van der Waals surface area contributed by atoms with Gasteiger partial charge >= 0.3 is 0 Å². The maximum atomic E-state index is 11.7. The van der Waals surface area contributed by atoms with E-state index >= 15 is 0 Å². The first-order valence-corrected chi connectivity index (χ1v) is 6.34. The van der Waals surface area contributed by atoms with Crippen LogP contribution in [0.15, 0.2) is 30.3 Å². The van der Waals surface area contributed by atoms with E-state index in [9.17, 15) is 4.79 Å². The van der Waals surface area contributed by atoms with Gasteiger partial charge in [-0.1, -0.05) is 30.3 Å². The summed E-state index contributed by atoms with van der Waals surface area (Å²) in [5.41, 5.74) is 6.94. The third kappa shape index (κ3) is 7.15. The number of aliphatic hydroxyl groups is 1. The predicted molar refractivity (Wildman–Crippen MR) is 79.2 cm³/mol. The highest BCUT2D eigenvalue weighted by Crippen LogP contribution is 2.13. The number of carbonyl (C=O) groups excluding carboxylic acids is 1.